The fourth-order valence-electron chi connectivity index (χ4n) is 1.96. The quantitative estimate of drug-likeness (QED) is 0.521. The summed E-state index contributed by atoms with van der Waals surface area (Å²) in [7, 11) is 0. The average molecular weight is 151 g/mol. The van der Waals surface area contributed by atoms with Gasteiger partial charge in [0, 0.05) is 25.4 Å². The zero-order valence-electron chi connectivity index (χ0n) is 6.55. The third kappa shape index (κ3) is 1.36. The first kappa shape index (κ1) is 7.04. The van der Waals surface area contributed by atoms with Crippen LogP contribution in [0.25, 0.3) is 0 Å². The highest BCUT2D eigenvalue weighted by Gasteiger charge is 2.28. The molecule has 0 aromatic heterocycles. The minimum Gasteiger partial charge on any atom is -0.310 e. The van der Waals surface area contributed by atoms with Gasteiger partial charge < -0.3 is 5.32 Å². The summed E-state index contributed by atoms with van der Waals surface area (Å²) >= 11 is 0. The van der Waals surface area contributed by atoms with Crippen LogP contribution in [-0.2, 0) is 4.79 Å². The predicted molar refractivity (Wildman–Crippen MR) is 43.3 cm³/mol. The van der Waals surface area contributed by atoms with Crippen molar-refractivity contribution in [1.82, 2.24) is 5.32 Å². The molecule has 0 spiro atoms. The largest absolute Gasteiger partial charge is 0.310 e. The zero-order valence-corrected chi connectivity index (χ0v) is 6.55. The topological polar surface area (TPSA) is 29.1 Å². The van der Waals surface area contributed by atoms with Crippen molar-refractivity contribution in [3.05, 3.63) is 12.2 Å². The minimum absolute atomic E-state index is 0.430. The van der Waals surface area contributed by atoms with Gasteiger partial charge in [0.05, 0.1) is 0 Å². The highest BCUT2D eigenvalue weighted by molar-refractivity contribution is 5.79. The van der Waals surface area contributed by atoms with E-state index in [-0.39, 0.29) is 0 Å². The molecule has 1 fully saturated rings. The van der Waals surface area contributed by atoms with Crippen molar-refractivity contribution >= 4 is 5.78 Å². The molecule has 11 heavy (non-hydrogen) atoms. The van der Waals surface area contributed by atoms with Crippen LogP contribution in [-0.4, -0.2) is 18.4 Å². The summed E-state index contributed by atoms with van der Waals surface area (Å²) in [5, 5.41) is 3.40. The fraction of sp³-hybridized carbons (Fsp3) is 0.667. The number of rotatable bonds is 0. The van der Waals surface area contributed by atoms with Crippen LogP contribution in [0.5, 0.6) is 0 Å². The lowest BCUT2D eigenvalue weighted by molar-refractivity contribution is -0.121. The van der Waals surface area contributed by atoms with E-state index in [1.54, 1.807) is 0 Å². The maximum absolute atomic E-state index is 11.1. The Morgan fingerprint density at radius 2 is 2.45 bits per heavy atom. The van der Waals surface area contributed by atoms with Crippen molar-refractivity contribution in [3.8, 4) is 0 Å². The van der Waals surface area contributed by atoms with Crippen LogP contribution in [0.4, 0.5) is 0 Å². The third-order valence-electron chi connectivity index (χ3n) is 2.60. The molecule has 2 atom stereocenters. The summed E-state index contributed by atoms with van der Waals surface area (Å²) in [5.41, 5.74) is 0. The number of hydrogen-bond donors (Lipinski definition) is 1. The molecule has 0 amide bonds. The Balaban J connectivity index is 2.08. The van der Waals surface area contributed by atoms with Gasteiger partial charge in [0.1, 0.15) is 5.78 Å². The molecular weight excluding hydrogens is 138 g/mol. The molecule has 0 radical (unpaired) electrons. The van der Waals surface area contributed by atoms with E-state index in [4.69, 9.17) is 0 Å². The standard InChI is InChI=1S/C9H13NO/c11-8-3-4-9-7(6-8)2-1-5-10-9/h1-2,7,9-10H,3-6H2. The number of ketones is 1. The SMILES string of the molecule is O=C1CCC2NCC=CC2C1. The molecule has 1 aliphatic carbocycles. The molecule has 2 unspecified atom stereocenters. The number of nitrogens with one attached hydrogen (secondary N) is 1. The summed E-state index contributed by atoms with van der Waals surface area (Å²) in [6.07, 6.45) is 6.89. The molecule has 0 aromatic rings. The van der Waals surface area contributed by atoms with E-state index < -0.39 is 0 Å². The number of fused-ring (bicyclic) bond motifs is 1. The summed E-state index contributed by atoms with van der Waals surface area (Å²) in [6, 6.07) is 0.581. The lowest BCUT2D eigenvalue weighted by atomic mass is 9.82. The van der Waals surface area contributed by atoms with E-state index in [1.807, 2.05) is 0 Å². The van der Waals surface area contributed by atoms with Crippen molar-refractivity contribution in [2.24, 2.45) is 5.92 Å². The van der Waals surface area contributed by atoms with Gasteiger partial charge in [0.2, 0.25) is 0 Å². The zero-order chi connectivity index (χ0) is 7.68. The number of Topliss-reactive ketones (excluding diaryl/α,β-unsaturated/α-hetero) is 1. The van der Waals surface area contributed by atoms with Gasteiger partial charge in [0.15, 0.2) is 0 Å². The van der Waals surface area contributed by atoms with Crippen LogP contribution in [0.15, 0.2) is 12.2 Å². The number of carbonyl (C=O) groups is 1. The predicted octanol–water partition coefficient (Wildman–Crippen LogP) is 0.884. The Morgan fingerprint density at radius 3 is 3.36 bits per heavy atom. The molecule has 2 heteroatoms. The Kier molecular flexibility index (Phi) is 1.78. The summed E-state index contributed by atoms with van der Waals surface area (Å²) in [6.45, 7) is 0.982. The van der Waals surface area contributed by atoms with Gasteiger partial charge >= 0.3 is 0 Å². The molecule has 0 aromatic carbocycles. The van der Waals surface area contributed by atoms with Crippen molar-refractivity contribution in [2.45, 2.75) is 25.3 Å². The van der Waals surface area contributed by atoms with Gasteiger partial charge in [-0.2, -0.15) is 0 Å². The molecule has 2 rings (SSSR count). The smallest absolute Gasteiger partial charge is 0.133 e. The Hall–Kier alpha value is -0.630. The van der Waals surface area contributed by atoms with Gasteiger partial charge in [0.25, 0.3) is 0 Å². The summed E-state index contributed by atoms with van der Waals surface area (Å²) < 4.78 is 0. The second-order valence-electron chi connectivity index (χ2n) is 3.39. The lowest BCUT2D eigenvalue weighted by Crippen LogP contribution is -2.42. The van der Waals surface area contributed by atoms with E-state index in [1.165, 1.54) is 0 Å². The molecular formula is C9H13NO. The van der Waals surface area contributed by atoms with Crippen LogP contribution in [0.3, 0.4) is 0 Å². The van der Waals surface area contributed by atoms with Crippen molar-refractivity contribution in [2.75, 3.05) is 6.54 Å². The van der Waals surface area contributed by atoms with Crippen molar-refractivity contribution < 1.29 is 4.79 Å². The molecule has 1 N–H and O–H groups in total. The highest BCUT2D eigenvalue weighted by Crippen LogP contribution is 2.24. The van der Waals surface area contributed by atoms with Crippen LogP contribution in [0, 0.1) is 5.92 Å². The summed E-state index contributed by atoms with van der Waals surface area (Å²) in [5.74, 6) is 0.921. The van der Waals surface area contributed by atoms with E-state index >= 15 is 0 Å². The van der Waals surface area contributed by atoms with Gasteiger partial charge in [-0.15, -0.1) is 0 Å². The van der Waals surface area contributed by atoms with Crippen molar-refractivity contribution in [3.63, 3.8) is 0 Å². The Morgan fingerprint density at radius 1 is 1.55 bits per heavy atom. The van der Waals surface area contributed by atoms with E-state index in [2.05, 4.69) is 17.5 Å². The lowest BCUT2D eigenvalue weighted by Gasteiger charge is -2.31. The van der Waals surface area contributed by atoms with Crippen molar-refractivity contribution in [1.29, 1.82) is 0 Å². The van der Waals surface area contributed by atoms with Gasteiger partial charge in [-0.1, -0.05) is 12.2 Å². The molecule has 1 heterocycles. The Bertz CT molecular complexity index is 198. The first-order valence-corrected chi connectivity index (χ1v) is 4.28. The molecule has 1 aliphatic heterocycles. The minimum atomic E-state index is 0.430. The monoisotopic (exact) mass is 151 g/mol. The van der Waals surface area contributed by atoms with Crippen LogP contribution < -0.4 is 5.32 Å². The van der Waals surface area contributed by atoms with Gasteiger partial charge in [-0.3, -0.25) is 4.79 Å². The molecule has 60 valence electrons. The van der Waals surface area contributed by atoms with E-state index in [0.29, 0.717) is 17.7 Å². The summed E-state index contributed by atoms with van der Waals surface area (Å²) in [4.78, 5) is 11.1. The average Bonchev–Trinajstić information content (AvgIpc) is 2.04. The number of carbonyl (C=O) groups excluding carboxylic acids is 1. The van der Waals surface area contributed by atoms with E-state index in [9.17, 15) is 4.79 Å². The highest BCUT2D eigenvalue weighted by atomic mass is 16.1. The van der Waals surface area contributed by atoms with E-state index in [0.717, 1.165) is 25.8 Å². The fourth-order valence-corrected chi connectivity index (χ4v) is 1.96. The third-order valence-corrected chi connectivity index (χ3v) is 2.60. The van der Waals surface area contributed by atoms with Crippen LogP contribution >= 0.6 is 0 Å². The normalized spacial score (nSPS) is 36.9. The van der Waals surface area contributed by atoms with Crippen LogP contribution in [0.2, 0.25) is 0 Å². The second kappa shape index (κ2) is 2.78. The van der Waals surface area contributed by atoms with Gasteiger partial charge in [-0.25, -0.2) is 0 Å². The first-order chi connectivity index (χ1) is 5.36. The number of hydrogen-bond acceptors (Lipinski definition) is 2. The first-order valence-electron chi connectivity index (χ1n) is 4.28. The molecule has 0 saturated heterocycles. The molecule has 2 nitrogen and oxygen atoms in total. The van der Waals surface area contributed by atoms with Gasteiger partial charge in [-0.05, 0) is 12.3 Å². The molecule has 1 saturated carbocycles. The van der Waals surface area contributed by atoms with Crippen LogP contribution in [0.1, 0.15) is 19.3 Å². The molecule has 2 aliphatic rings. The maximum atomic E-state index is 11.1. The molecule has 0 bridgehead atoms. The Labute approximate surface area is 66.7 Å². The maximum Gasteiger partial charge on any atom is 0.133 e. The second-order valence-corrected chi connectivity index (χ2v) is 3.39.